The van der Waals surface area contributed by atoms with Crippen molar-refractivity contribution >= 4 is 51.9 Å². The van der Waals surface area contributed by atoms with Gasteiger partial charge in [-0.15, -0.1) is 17.8 Å². The van der Waals surface area contributed by atoms with Crippen LogP contribution in [0.4, 0.5) is 5.82 Å². The zero-order chi connectivity index (χ0) is 25.9. The molecule has 35 heavy (non-hydrogen) atoms. The summed E-state index contributed by atoms with van der Waals surface area (Å²) in [7, 11) is 0. The van der Waals surface area contributed by atoms with Crippen LogP contribution in [0.25, 0.3) is 11.2 Å². The summed E-state index contributed by atoms with van der Waals surface area (Å²) in [6.07, 6.45) is 2.42. The number of carboxylic acid groups (broad SMARTS) is 2. The smallest absolute Gasteiger partial charge is 0.365 e. The number of carboxylic acids is 2. The van der Waals surface area contributed by atoms with Gasteiger partial charge < -0.3 is 35.6 Å². The van der Waals surface area contributed by atoms with Crippen LogP contribution >= 0.6 is 22.9 Å². The summed E-state index contributed by atoms with van der Waals surface area (Å²) in [5.41, 5.74) is 3.80. The molecule has 6 N–H and O–H groups in total. The van der Waals surface area contributed by atoms with Crippen LogP contribution in [0.2, 0.25) is 5.28 Å². The SMILES string of the molecule is C#C[C@@H](O)[C@@H](O[C@@H](CO)CO[C@@](C)(C(=O)O)c1csc(C(=O)O)n1)n1cnc2c(N)nc(Cl)nc21. The van der Waals surface area contributed by atoms with Crippen LogP contribution in [-0.4, -0.2) is 82.3 Å². The van der Waals surface area contributed by atoms with Gasteiger partial charge in [-0.3, -0.25) is 4.57 Å². The number of nitrogens with two attached hydrogens (primary N) is 1. The van der Waals surface area contributed by atoms with E-state index in [0.29, 0.717) is 0 Å². The van der Waals surface area contributed by atoms with Gasteiger partial charge in [0.05, 0.1) is 25.2 Å². The highest BCUT2D eigenvalue weighted by Gasteiger charge is 2.40. The van der Waals surface area contributed by atoms with E-state index < -0.39 is 49.2 Å². The molecule has 186 valence electrons. The summed E-state index contributed by atoms with van der Waals surface area (Å²) in [6, 6.07) is 0. The van der Waals surface area contributed by atoms with Crippen LogP contribution in [0.15, 0.2) is 11.7 Å². The maximum atomic E-state index is 11.9. The molecule has 0 amide bonds. The molecule has 3 heterocycles. The van der Waals surface area contributed by atoms with Crippen LogP contribution in [-0.2, 0) is 19.9 Å². The second-order valence-electron chi connectivity index (χ2n) is 7.14. The number of ether oxygens (including phenoxy) is 2. The Morgan fingerprint density at radius 1 is 1.37 bits per heavy atom. The number of aliphatic hydroxyl groups is 2. The Morgan fingerprint density at radius 2 is 2.09 bits per heavy atom. The monoisotopic (exact) mass is 526 g/mol. The molecule has 3 aromatic heterocycles. The highest BCUT2D eigenvalue weighted by molar-refractivity contribution is 7.11. The first kappa shape index (κ1) is 26.2. The number of halogens is 1. The molecule has 0 bridgehead atoms. The highest BCUT2D eigenvalue weighted by atomic mass is 35.5. The largest absolute Gasteiger partial charge is 0.479 e. The molecule has 0 aliphatic heterocycles. The molecule has 0 saturated carbocycles. The number of anilines is 1. The molecule has 0 radical (unpaired) electrons. The number of hydrogen-bond acceptors (Lipinski definition) is 12. The summed E-state index contributed by atoms with van der Waals surface area (Å²) in [5.74, 6) is -0.716. The molecule has 0 aromatic carbocycles. The average Bonchev–Trinajstić information content (AvgIpc) is 3.47. The van der Waals surface area contributed by atoms with E-state index in [1.807, 2.05) is 0 Å². The number of aliphatic carboxylic acids is 1. The summed E-state index contributed by atoms with van der Waals surface area (Å²) >= 11 is 6.60. The zero-order valence-corrected chi connectivity index (χ0v) is 19.5. The molecule has 3 aromatic rings. The molecule has 14 nitrogen and oxygen atoms in total. The number of fused-ring (bicyclic) bond motifs is 1. The van der Waals surface area contributed by atoms with Crippen molar-refractivity contribution < 1.29 is 39.5 Å². The third kappa shape index (κ3) is 5.32. The molecule has 0 fully saturated rings. The highest BCUT2D eigenvalue weighted by Crippen LogP contribution is 2.29. The van der Waals surface area contributed by atoms with Crippen molar-refractivity contribution in [2.75, 3.05) is 18.9 Å². The molecule has 16 heteroatoms. The number of nitrogens with zero attached hydrogens (tertiary/aromatic N) is 5. The first-order valence-corrected chi connectivity index (χ1v) is 10.9. The lowest BCUT2D eigenvalue weighted by atomic mass is 10.0. The summed E-state index contributed by atoms with van der Waals surface area (Å²) < 4.78 is 12.5. The number of carbonyl (C=O) groups is 2. The number of aliphatic hydroxyl groups excluding tert-OH is 2. The van der Waals surface area contributed by atoms with Crippen LogP contribution < -0.4 is 5.73 Å². The van der Waals surface area contributed by atoms with Gasteiger partial charge >= 0.3 is 11.9 Å². The fourth-order valence-corrected chi connectivity index (χ4v) is 3.82. The molecule has 0 aliphatic rings. The van der Waals surface area contributed by atoms with Crippen molar-refractivity contribution in [2.24, 2.45) is 0 Å². The molecule has 4 atom stereocenters. The Balaban J connectivity index is 1.87. The quantitative estimate of drug-likeness (QED) is 0.166. The van der Waals surface area contributed by atoms with Gasteiger partial charge in [-0.2, -0.15) is 9.97 Å². The predicted octanol–water partition coefficient (Wildman–Crippen LogP) is 0.103. The van der Waals surface area contributed by atoms with Gasteiger partial charge in [-0.25, -0.2) is 19.6 Å². The first-order chi connectivity index (χ1) is 16.5. The van der Waals surface area contributed by atoms with Crippen LogP contribution in [0, 0.1) is 12.3 Å². The fourth-order valence-electron chi connectivity index (χ4n) is 2.90. The normalized spacial score (nSPS) is 15.7. The number of aromatic carboxylic acids is 1. The molecule has 0 aliphatic carbocycles. The van der Waals surface area contributed by atoms with Crippen molar-refractivity contribution in [3.63, 3.8) is 0 Å². The number of imidazole rings is 1. The Bertz CT molecular complexity index is 1290. The zero-order valence-electron chi connectivity index (χ0n) is 17.9. The van der Waals surface area contributed by atoms with Crippen molar-refractivity contribution in [3.05, 3.63) is 27.7 Å². The van der Waals surface area contributed by atoms with E-state index in [4.69, 9.17) is 38.3 Å². The Morgan fingerprint density at radius 3 is 2.66 bits per heavy atom. The van der Waals surface area contributed by atoms with Gasteiger partial charge in [-0.05, 0) is 18.5 Å². The lowest BCUT2D eigenvalue weighted by molar-refractivity contribution is -0.182. The molecule has 0 saturated heterocycles. The van der Waals surface area contributed by atoms with E-state index >= 15 is 0 Å². The van der Waals surface area contributed by atoms with Gasteiger partial charge in [0.1, 0.15) is 11.6 Å². The first-order valence-electron chi connectivity index (χ1n) is 9.64. The number of hydrogen-bond donors (Lipinski definition) is 5. The molecular weight excluding hydrogens is 508 g/mol. The third-order valence-electron chi connectivity index (χ3n) is 4.81. The minimum absolute atomic E-state index is 0.0315. The molecule has 3 rings (SSSR count). The maximum Gasteiger partial charge on any atom is 0.365 e. The van der Waals surface area contributed by atoms with Crippen molar-refractivity contribution in [3.8, 4) is 12.3 Å². The lowest BCUT2D eigenvalue weighted by Gasteiger charge is -2.29. The lowest BCUT2D eigenvalue weighted by Crippen LogP contribution is -2.41. The number of thiazole rings is 1. The van der Waals surface area contributed by atoms with Gasteiger partial charge in [0, 0.05) is 5.38 Å². The Kier molecular flexibility index (Phi) is 7.85. The number of terminal acetylenes is 1. The van der Waals surface area contributed by atoms with Gasteiger partial charge in [0.15, 0.2) is 23.8 Å². The summed E-state index contributed by atoms with van der Waals surface area (Å²) in [5, 5.41) is 39.7. The van der Waals surface area contributed by atoms with E-state index in [1.54, 1.807) is 0 Å². The van der Waals surface area contributed by atoms with Crippen molar-refractivity contribution in [1.82, 2.24) is 24.5 Å². The predicted molar refractivity (Wildman–Crippen MR) is 121 cm³/mol. The summed E-state index contributed by atoms with van der Waals surface area (Å²) in [4.78, 5) is 38.7. The maximum absolute atomic E-state index is 11.9. The van der Waals surface area contributed by atoms with Crippen LogP contribution in [0.3, 0.4) is 0 Å². The summed E-state index contributed by atoms with van der Waals surface area (Å²) in [6.45, 7) is -0.0216. The minimum Gasteiger partial charge on any atom is -0.479 e. The number of nitrogen functional groups attached to an aromatic ring is 1. The van der Waals surface area contributed by atoms with E-state index in [9.17, 15) is 24.9 Å². The molecular formula is C19H19ClN6O8S. The molecule has 0 unspecified atom stereocenters. The second kappa shape index (κ2) is 10.5. The average molecular weight is 527 g/mol. The van der Waals surface area contributed by atoms with Crippen LogP contribution in [0.5, 0.6) is 0 Å². The van der Waals surface area contributed by atoms with E-state index in [-0.39, 0.29) is 33.0 Å². The van der Waals surface area contributed by atoms with E-state index in [0.717, 1.165) is 11.3 Å². The number of rotatable bonds is 11. The Labute approximate surface area is 205 Å². The fraction of sp³-hybridized carbons (Fsp3) is 0.368. The molecule has 0 spiro atoms. The second-order valence-corrected chi connectivity index (χ2v) is 8.33. The van der Waals surface area contributed by atoms with Crippen molar-refractivity contribution in [1.29, 1.82) is 0 Å². The third-order valence-corrected chi connectivity index (χ3v) is 5.81. The van der Waals surface area contributed by atoms with Crippen LogP contribution in [0.1, 0.15) is 28.6 Å². The van der Waals surface area contributed by atoms with Gasteiger partial charge in [-0.1, -0.05) is 5.92 Å². The topological polar surface area (TPSA) is 216 Å². The van der Waals surface area contributed by atoms with Crippen molar-refractivity contribution in [2.45, 2.75) is 31.0 Å². The van der Waals surface area contributed by atoms with Gasteiger partial charge in [0.2, 0.25) is 15.9 Å². The van der Waals surface area contributed by atoms with E-state index in [1.165, 1.54) is 23.2 Å². The Hall–Kier alpha value is -3.39. The minimum atomic E-state index is -2.07. The number of aromatic nitrogens is 5. The van der Waals surface area contributed by atoms with E-state index in [2.05, 4.69) is 25.9 Å². The standard InChI is InChI=1S/C19H19ClN6O8S/c1-3-9(28)15(26-7-22-11-12(21)24-18(20)25-13(11)26)34-8(4-27)5-33-19(2,17(31)32)10-6-35-14(23-10)16(29)30/h1,6-9,15,27-28H,4-5H2,2H3,(H,29,30)(H,31,32)(H2,21,24,25)/t8-,9+,15+,19+/m0/s1. The van der Waals surface area contributed by atoms with Gasteiger partial charge in [0.25, 0.3) is 0 Å².